The summed E-state index contributed by atoms with van der Waals surface area (Å²) in [5, 5.41) is 10.5. The Bertz CT molecular complexity index is 1490. The molecule has 10 nitrogen and oxygen atoms in total. The van der Waals surface area contributed by atoms with Crippen LogP contribution in [-0.2, 0) is 28.7 Å². The number of aromatic nitrogens is 4. The van der Waals surface area contributed by atoms with Gasteiger partial charge in [-0.05, 0) is 49.1 Å². The van der Waals surface area contributed by atoms with Gasteiger partial charge in [-0.3, -0.25) is 9.59 Å². The number of halogens is 4. The zero-order valence-electron chi connectivity index (χ0n) is 22.2. The Labute approximate surface area is 234 Å². The van der Waals surface area contributed by atoms with Gasteiger partial charge >= 0.3 is 6.18 Å². The maximum absolute atomic E-state index is 13.7. The van der Waals surface area contributed by atoms with Crippen LogP contribution in [0.4, 0.5) is 24.5 Å². The van der Waals surface area contributed by atoms with E-state index in [-0.39, 0.29) is 41.5 Å². The van der Waals surface area contributed by atoms with Crippen molar-refractivity contribution in [3.8, 4) is 0 Å². The van der Waals surface area contributed by atoms with Gasteiger partial charge in [-0.2, -0.15) is 22.7 Å². The number of rotatable bonds is 6. The fourth-order valence-electron chi connectivity index (χ4n) is 5.00. The number of piperazine rings is 1. The second-order valence-electron chi connectivity index (χ2n) is 9.55. The van der Waals surface area contributed by atoms with Crippen molar-refractivity contribution in [1.82, 2.24) is 24.5 Å². The fraction of sp³-hybridized carbons (Fsp3) is 0.462. The lowest BCUT2D eigenvalue weighted by atomic mass is 10.1. The molecule has 40 heavy (non-hydrogen) atoms. The first-order valence-electron chi connectivity index (χ1n) is 12.9. The molecule has 5 rings (SSSR count). The molecule has 3 aromatic rings. The number of carbonyl (C=O) groups excluding carboxylic acids is 1. The summed E-state index contributed by atoms with van der Waals surface area (Å²) in [6.45, 7) is 6.82. The van der Waals surface area contributed by atoms with Crippen LogP contribution in [0.2, 0.25) is 0 Å². The van der Waals surface area contributed by atoms with Gasteiger partial charge < -0.3 is 24.8 Å². The second-order valence-corrected chi connectivity index (χ2v) is 9.55. The third kappa shape index (κ3) is 5.86. The predicted molar refractivity (Wildman–Crippen MR) is 147 cm³/mol. The molecular formula is C26H31ClF3N7O3. The van der Waals surface area contributed by atoms with E-state index in [2.05, 4.69) is 20.7 Å². The van der Waals surface area contributed by atoms with E-state index in [1.54, 1.807) is 4.57 Å². The molecule has 1 amide bonds. The molecule has 0 spiro atoms. The number of anilines is 2. The highest BCUT2D eigenvalue weighted by atomic mass is 35.5. The predicted octanol–water partition coefficient (Wildman–Crippen LogP) is 3.05. The third-order valence-corrected chi connectivity index (χ3v) is 6.97. The highest BCUT2D eigenvalue weighted by Gasteiger charge is 2.31. The third-order valence-electron chi connectivity index (χ3n) is 6.97. The first-order valence-corrected chi connectivity index (χ1v) is 12.9. The maximum atomic E-state index is 13.7. The van der Waals surface area contributed by atoms with E-state index in [4.69, 9.17) is 4.74 Å². The van der Waals surface area contributed by atoms with Crippen molar-refractivity contribution in [3.05, 3.63) is 57.3 Å². The summed E-state index contributed by atoms with van der Waals surface area (Å²) in [6, 6.07) is 3.18. The van der Waals surface area contributed by atoms with Crippen LogP contribution in [0.3, 0.4) is 0 Å². The van der Waals surface area contributed by atoms with Gasteiger partial charge in [0, 0.05) is 31.9 Å². The molecule has 1 fully saturated rings. The molecule has 1 aromatic carbocycles. The number of alkyl halides is 3. The van der Waals surface area contributed by atoms with Crippen molar-refractivity contribution in [2.75, 3.05) is 49.6 Å². The van der Waals surface area contributed by atoms with E-state index in [9.17, 15) is 22.8 Å². The van der Waals surface area contributed by atoms with Crippen LogP contribution in [-0.4, -0.2) is 64.5 Å². The van der Waals surface area contributed by atoms with Gasteiger partial charge in [-0.25, -0.2) is 0 Å². The lowest BCUT2D eigenvalue weighted by Gasteiger charge is -2.31. The number of hydrogen-bond donors (Lipinski definition) is 2. The van der Waals surface area contributed by atoms with E-state index < -0.39 is 17.6 Å². The highest BCUT2D eigenvalue weighted by Crippen LogP contribution is 2.31. The number of fused-ring (bicyclic) bond motifs is 1. The molecule has 1 saturated heterocycles. The second kappa shape index (κ2) is 12.0. The monoisotopic (exact) mass is 581 g/mol. The molecule has 14 heteroatoms. The Morgan fingerprint density at radius 2 is 1.98 bits per heavy atom. The lowest BCUT2D eigenvalue weighted by molar-refractivity contribution is -0.137. The molecule has 216 valence electrons. The quantitative estimate of drug-likeness (QED) is 0.461. The molecule has 2 aliphatic rings. The summed E-state index contributed by atoms with van der Waals surface area (Å²) < 4.78 is 47.6. The summed E-state index contributed by atoms with van der Waals surface area (Å²) in [5.41, 5.74) is 1.47. The summed E-state index contributed by atoms with van der Waals surface area (Å²) in [4.78, 5) is 33.7. The van der Waals surface area contributed by atoms with Gasteiger partial charge in [-0.15, -0.1) is 17.5 Å². The van der Waals surface area contributed by atoms with Crippen LogP contribution < -0.4 is 21.1 Å². The average molecular weight is 582 g/mol. The normalized spacial score (nSPS) is 16.0. The molecule has 0 bridgehead atoms. The van der Waals surface area contributed by atoms with Crippen LogP contribution in [0.25, 0.3) is 11.4 Å². The van der Waals surface area contributed by atoms with Gasteiger partial charge in [0.05, 0.1) is 24.5 Å². The minimum atomic E-state index is -4.48. The van der Waals surface area contributed by atoms with Crippen LogP contribution in [0, 0.1) is 6.92 Å². The topological polar surface area (TPSA) is 106 Å². The molecule has 0 aliphatic carbocycles. The molecular weight excluding hydrogens is 551 g/mol. The van der Waals surface area contributed by atoms with E-state index >= 15 is 0 Å². The minimum absolute atomic E-state index is 0. The minimum Gasteiger partial charge on any atom is -0.377 e. The number of carbonyl (C=O) groups is 1. The van der Waals surface area contributed by atoms with Crippen molar-refractivity contribution in [1.29, 1.82) is 0 Å². The van der Waals surface area contributed by atoms with Gasteiger partial charge in [-0.1, -0.05) is 13.0 Å². The van der Waals surface area contributed by atoms with E-state index in [0.717, 1.165) is 17.7 Å². The Morgan fingerprint density at radius 3 is 2.60 bits per heavy atom. The highest BCUT2D eigenvalue weighted by molar-refractivity contribution is 5.91. The van der Waals surface area contributed by atoms with Crippen molar-refractivity contribution >= 4 is 41.0 Å². The Morgan fingerprint density at radius 1 is 1.23 bits per heavy atom. The van der Waals surface area contributed by atoms with Crippen LogP contribution >= 0.6 is 12.4 Å². The average Bonchev–Trinajstić information content (AvgIpc) is 3.38. The summed E-state index contributed by atoms with van der Waals surface area (Å²) >= 11 is 0. The molecule has 0 saturated carbocycles. The number of nitrogens with one attached hydrogen (secondary N) is 2. The first kappa shape index (κ1) is 29.6. The Balaban J connectivity index is 0.00000370. The lowest BCUT2D eigenvalue weighted by Crippen LogP contribution is -2.47. The molecule has 0 atom stereocenters. The van der Waals surface area contributed by atoms with Crippen molar-refractivity contribution < 1.29 is 22.7 Å². The fourth-order valence-corrected chi connectivity index (χ4v) is 5.00. The zero-order chi connectivity index (χ0) is 27.7. The van der Waals surface area contributed by atoms with Crippen LogP contribution in [0.1, 0.15) is 36.0 Å². The number of hydrogen-bond acceptors (Lipinski definition) is 7. The van der Waals surface area contributed by atoms with E-state index in [1.165, 1.54) is 17.5 Å². The maximum Gasteiger partial charge on any atom is 0.416 e. The van der Waals surface area contributed by atoms with Gasteiger partial charge in [0.2, 0.25) is 11.7 Å². The van der Waals surface area contributed by atoms with E-state index in [0.29, 0.717) is 69.4 Å². The zero-order valence-corrected chi connectivity index (χ0v) is 23.0. The van der Waals surface area contributed by atoms with E-state index in [1.807, 2.05) is 17.9 Å². The molecule has 4 heterocycles. The first-order chi connectivity index (χ1) is 18.7. The SMILES string of the molecule is CCc1c(N2CCNCC2)c(=O)n2nc(C3=CCOCC3)nc2n1CC(=O)Nc1ccc(C(F)(F)F)cc1C.Cl. The van der Waals surface area contributed by atoms with Crippen molar-refractivity contribution in [2.24, 2.45) is 0 Å². The van der Waals surface area contributed by atoms with Crippen molar-refractivity contribution in [3.63, 3.8) is 0 Å². The number of nitrogens with zero attached hydrogens (tertiary/aromatic N) is 5. The molecule has 0 radical (unpaired) electrons. The Hall–Kier alpha value is -3.42. The summed E-state index contributed by atoms with van der Waals surface area (Å²) in [6.07, 6.45) is -1.54. The Kier molecular flexibility index (Phi) is 8.86. The smallest absolute Gasteiger partial charge is 0.377 e. The summed E-state index contributed by atoms with van der Waals surface area (Å²) in [7, 11) is 0. The van der Waals surface area contributed by atoms with Gasteiger partial charge in [0.25, 0.3) is 5.56 Å². The number of amides is 1. The molecule has 0 unspecified atom stereocenters. The molecule has 2 aliphatic heterocycles. The van der Waals surface area contributed by atoms with Gasteiger partial charge in [0.15, 0.2) is 5.82 Å². The van der Waals surface area contributed by atoms with Crippen molar-refractivity contribution in [2.45, 2.75) is 39.4 Å². The standard InChI is InChI=1S/C26H30F3N7O3.ClH/c1-3-20-22(34-10-8-30-9-11-34)24(38)36-25(32-23(33-36)17-6-12-39-13-7-17)35(20)15-21(37)31-19-5-4-18(14-16(19)2)26(27,28)29;/h4-6,14,30H,3,7-13,15H2,1-2H3,(H,31,37);1H. The summed E-state index contributed by atoms with van der Waals surface area (Å²) in [5.74, 6) is 0.180. The van der Waals surface area contributed by atoms with Gasteiger partial charge in [0.1, 0.15) is 12.2 Å². The van der Waals surface area contributed by atoms with Crippen LogP contribution in [0.5, 0.6) is 0 Å². The largest absolute Gasteiger partial charge is 0.416 e. The number of benzene rings is 1. The number of aryl methyl sites for hydroxylation is 1. The number of ether oxygens (including phenoxy) is 1. The van der Waals surface area contributed by atoms with Crippen LogP contribution in [0.15, 0.2) is 29.1 Å². The molecule has 2 aromatic heterocycles. The molecule has 2 N–H and O–H groups in total.